The Morgan fingerprint density at radius 1 is 1.25 bits per heavy atom. The zero-order valence-electron chi connectivity index (χ0n) is 10.7. The fourth-order valence-corrected chi connectivity index (χ4v) is 5.12. The Morgan fingerprint density at radius 3 is 2.75 bits per heavy atom. The molecular weight excluding hydrogens is 322 g/mol. The number of esters is 1. The summed E-state index contributed by atoms with van der Waals surface area (Å²) in [4.78, 5) is 24.6. The third kappa shape index (κ3) is 1.59. The molecule has 6 atom stereocenters. The van der Waals surface area contributed by atoms with E-state index in [1.165, 1.54) is 0 Å². The van der Waals surface area contributed by atoms with Crippen LogP contribution in [-0.4, -0.2) is 22.8 Å². The summed E-state index contributed by atoms with van der Waals surface area (Å²) in [5.41, 5.74) is 0.773. The van der Waals surface area contributed by atoms with Crippen molar-refractivity contribution in [3.8, 4) is 0 Å². The largest absolute Gasteiger partial charge is 0.461 e. The van der Waals surface area contributed by atoms with Gasteiger partial charge in [-0.1, -0.05) is 34.1 Å². The highest BCUT2D eigenvalue weighted by atomic mass is 79.9. The van der Waals surface area contributed by atoms with Gasteiger partial charge in [0.25, 0.3) is 0 Å². The Kier molecular flexibility index (Phi) is 2.67. The minimum absolute atomic E-state index is 0.0294. The fourth-order valence-electron chi connectivity index (χ4n) is 4.08. The van der Waals surface area contributed by atoms with Crippen LogP contribution in [0.3, 0.4) is 0 Å². The number of halogens is 1. The number of fused-ring (bicyclic) bond motifs is 1. The van der Waals surface area contributed by atoms with Gasteiger partial charge in [0, 0.05) is 11.6 Å². The van der Waals surface area contributed by atoms with Gasteiger partial charge >= 0.3 is 5.97 Å². The number of carbonyl (C=O) groups excluding carboxylic acids is 2. The van der Waals surface area contributed by atoms with Crippen LogP contribution in [-0.2, 0) is 14.3 Å². The summed E-state index contributed by atoms with van der Waals surface area (Å²) in [5.74, 6) is -0.361. The molecule has 3 aliphatic rings. The Balaban J connectivity index is 1.60. The third-order valence-electron chi connectivity index (χ3n) is 4.87. The van der Waals surface area contributed by atoms with E-state index in [2.05, 4.69) is 21.2 Å². The smallest absolute Gasteiger partial charge is 0.310 e. The molecule has 1 N–H and O–H groups in total. The van der Waals surface area contributed by atoms with Crippen molar-refractivity contribution in [2.75, 3.05) is 5.32 Å². The highest BCUT2D eigenvalue weighted by molar-refractivity contribution is 9.09. The molecule has 4 rings (SSSR count). The van der Waals surface area contributed by atoms with E-state index in [-0.39, 0.29) is 46.5 Å². The molecule has 0 aromatic heterocycles. The Morgan fingerprint density at radius 2 is 2.00 bits per heavy atom. The van der Waals surface area contributed by atoms with Crippen LogP contribution in [0.15, 0.2) is 30.3 Å². The molecule has 3 fully saturated rings. The van der Waals surface area contributed by atoms with Crippen molar-refractivity contribution in [2.45, 2.75) is 17.4 Å². The predicted molar refractivity (Wildman–Crippen MR) is 76.2 cm³/mol. The molecule has 1 aromatic carbocycles. The van der Waals surface area contributed by atoms with Crippen molar-refractivity contribution >= 4 is 33.5 Å². The van der Waals surface area contributed by atoms with Crippen molar-refractivity contribution in [1.29, 1.82) is 0 Å². The molecule has 20 heavy (non-hydrogen) atoms. The van der Waals surface area contributed by atoms with Gasteiger partial charge in [-0.05, 0) is 24.5 Å². The molecule has 2 bridgehead atoms. The van der Waals surface area contributed by atoms with Gasteiger partial charge in [-0.15, -0.1) is 0 Å². The number of ether oxygens (including phenoxy) is 1. The lowest BCUT2D eigenvalue weighted by Crippen LogP contribution is -2.40. The Labute approximate surface area is 125 Å². The van der Waals surface area contributed by atoms with E-state index in [4.69, 9.17) is 4.74 Å². The predicted octanol–water partition coefficient (Wildman–Crippen LogP) is 2.20. The number of amides is 1. The van der Waals surface area contributed by atoms with Crippen LogP contribution >= 0.6 is 15.9 Å². The molecule has 1 heterocycles. The SMILES string of the molecule is O=C(Nc1ccccc1)[C@@H]1[C@H]2C[C@H]3[C@H](OC(=O)[C@@H]31)[C@H]2Br. The van der Waals surface area contributed by atoms with Crippen molar-refractivity contribution < 1.29 is 14.3 Å². The quantitative estimate of drug-likeness (QED) is 0.665. The van der Waals surface area contributed by atoms with Crippen LogP contribution in [0, 0.1) is 23.7 Å². The van der Waals surface area contributed by atoms with Crippen LogP contribution < -0.4 is 5.32 Å². The van der Waals surface area contributed by atoms with Gasteiger partial charge in [-0.25, -0.2) is 0 Å². The average molecular weight is 336 g/mol. The van der Waals surface area contributed by atoms with Crippen LogP contribution in [0.1, 0.15) is 6.42 Å². The lowest BCUT2D eigenvalue weighted by molar-refractivity contribution is -0.145. The molecular formula is C15H14BrNO3. The first kappa shape index (κ1) is 12.4. The van der Waals surface area contributed by atoms with Crippen LogP contribution in [0.25, 0.3) is 0 Å². The fraction of sp³-hybridized carbons (Fsp3) is 0.467. The molecule has 2 aliphatic carbocycles. The first-order chi connectivity index (χ1) is 9.66. The van der Waals surface area contributed by atoms with E-state index in [1.807, 2.05) is 30.3 Å². The van der Waals surface area contributed by atoms with E-state index in [9.17, 15) is 9.59 Å². The third-order valence-corrected chi connectivity index (χ3v) is 6.07. The van der Waals surface area contributed by atoms with Crippen LogP contribution in [0.2, 0.25) is 0 Å². The summed E-state index contributed by atoms with van der Waals surface area (Å²) >= 11 is 3.61. The summed E-state index contributed by atoms with van der Waals surface area (Å²) in [6, 6.07) is 9.37. The van der Waals surface area contributed by atoms with Gasteiger partial charge in [0.1, 0.15) is 6.10 Å². The normalized spacial score (nSPS) is 40.8. The second-order valence-electron chi connectivity index (χ2n) is 5.82. The average Bonchev–Trinajstić information content (AvgIpc) is 3.04. The summed E-state index contributed by atoms with van der Waals surface area (Å²) in [6.07, 6.45) is 0.877. The topological polar surface area (TPSA) is 55.4 Å². The highest BCUT2D eigenvalue weighted by Crippen LogP contribution is 2.59. The number of anilines is 1. The van der Waals surface area contributed by atoms with E-state index in [1.54, 1.807) is 0 Å². The van der Waals surface area contributed by atoms with Crippen LogP contribution in [0.5, 0.6) is 0 Å². The van der Waals surface area contributed by atoms with Crippen molar-refractivity contribution in [2.24, 2.45) is 23.7 Å². The van der Waals surface area contributed by atoms with Crippen molar-refractivity contribution in [3.63, 3.8) is 0 Å². The van der Waals surface area contributed by atoms with Crippen LogP contribution in [0.4, 0.5) is 5.69 Å². The molecule has 5 heteroatoms. The van der Waals surface area contributed by atoms with Gasteiger partial charge in [0.05, 0.1) is 16.7 Å². The second kappa shape index (κ2) is 4.32. The minimum Gasteiger partial charge on any atom is -0.461 e. The maximum Gasteiger partial charge on any atom is 0.310 e. The maximum atomic E-state index is 12.5. The number of rotatable bonds is 2. The summed E-state index contributed by atoms with van der Waals surface area (Å²) < 4.78 is 5.42. The summed E-state index contributed by atoms with van der Waals surface area (Å²) in [5, 5.41) is 2.93. The molecule has 104 valence electrons. The minimum atomic E-state index is -0.268. The van der Waals surface area contributed by atoms with Crippen molar-refractivity contribution in [1.82, 2.24) is 0 Å². The standard InChI is InChI=1S/C15H14BrNO3/c16-12-8-6-9-11(15(19)20-13(9)12)10(8)14(18)17-7-4-2-1-3-5-7/h1-5,8-13H,6H2,(H,17,18)/t8-,9-,10-,11+,12+,13+/m1/s1. The number of alkyl halides is 1. The van der Waals surface area contributed by atoms with Gasteiger partial charge in [-0.3, -0.25) is 9.59 Å². The van der Waals surface area contributed by atoms with Gasteiger partial charge in [0.2, 0.25) is 5.91 Å². The van der Waals surface area contributed by atoms with Gasteiger partial charge in [0.15, 0.2) is 0 Å². The number of para-hydroxylation sites is 1. The Bertz CT molecular complexity index is 576. The summed E-state index contributed by atoms with van der Waals surface area (Å²) in [6.45, 7) is 0. The molecule has 1 amide bonds. The van der Waals surface area contributed by atoms with E-state index in [0.29, 0.717) is 0 Å². The number of carbonyl (C=O) groups is 2. The molecule has 0 unspecified atom stereocenters. The number of hydrogen-bond donors (Lipinski definition) is 1. The zero-order valence-corrected chi connectivity index (χ0v) is 12.2. The van der Waals surface area contributed by atoms with E-state index in [0.717, 1.165) is 12.1 Å². The molecule has 1 aromatic rings. The molecule has 4 nitrogen and oxygen atoms in total. The Hall–Kier alpha value is -1.36. The molecule has 0 spiro atoms. The highest BCUT2D eigenvalue weighted by Gasteiger charge is 2.67. The first-order valence-corrected chi connectivity index (χ1v) is 7.79. The molecule has 0 radical (unpaired) electrons. The number of hydrogen-bond acceptors (Lipinski definition) is 3. The monoisotopic (exact) mass is 335 g/mol. The van der Waals surface area contributed by atoms with Gasteiger partial charge in [-0.2, -0.15) is 0 Å². The lowest BCUT2D eigenvalue weighted by atomic mass is 9.79. The maximum absolute atomic E-state index is 12.5. The lowest BCUT2D eigenvalue weighted by Gasteiger charge is -2.27. The summed E-state index contributed by atoms with van der Waals surface area (Å²) in [7, 11) is 0. The van der Waals surface area contributed by atoms with E-state index >= 15 is 0 Å². The molecule has 1 saturated heterocycles. The number of benzene rings is 1. The van der Waals surface area contributed by atoms with Crippen molar-refractivity contribution in [3.05, 3.63) is 30.3 Å². The number of nitrogens with one attached hydrogen (secondary N) is 1. The molecule has 2 saturated carbocycles. The van der Waals surface area contributed by atoms with E-state index < -0.39 is 0 Å². The van der Waals surface area contributed by atoms with Gasteiger partial charge < -0.3 is 10.1 Å². The second-order valence-corrected chi connectivity index (χ2v) is 6.87. The zero-order chi connectivity index (χ0) is 13.9. The molecule has 1 aliphatic heterocycles. The first-order valence-electron chi connectivity index (χ1n) is 6.87.